The molecule has 1 unspecified atom stereocenters. The molecule has 0 radical (unpaired) electrons. The number of hydrogen-bond acceptors (Lipinski definition) is 8. The van der Waals surface area contributed by atoms with Crippen molar-refractivity contribution in [2.24, 2.45) is 0 Å². The molecule has 2 aromatic carbocycles. The molecule has 14 heteroatoms. The number of carbonyl (C=O) groups excluding carboxylic acids is 5. The Hall–Kier alpha value is -4.42. The Morgan fingerprint density at radius 2 is 1.52 bits per heavy atom. The van der Waals surface area contributed by atoms with Gasteiger partial charge < -0.3 is 30.5 Å². The molecule has 0 aliphatic carbocycles. The summed E-state index contributed by atoms with van der Waals surface area (Å²) in [5.74, 6) is -1.66. The van der Waals surface area contributed by atoms with Crippen molar-refractivity contribution in [2.45, 2.75) is 19.5 Å². The molecule has 0 spiro atoms. The van der Waals surface area contributed by atoms with Crippen LogP contribution in [0.15, 0.2) is 54.6 Å². The number of hydrogen-bond donors (Lipinski definition) is 4. The van der Waals surface area contributed by atoms with Crippen LogP contribution in [0.1, 0.15) is 34.5 Å². The van der Waals surface area contributed by atoms with Crippen LogP contribution in [-0.4, -0.2) is 60.0 Å². The standard InChI is InChI=1S/C24H27N3O7.C2Cl2O2/c1-15(16-8-9-19(33-2)20(12-16)34-3)27-24(32)18-7-5-4-6-17(18)13-25-22(29)14-26-21(28)10-11-23(30)31;3-1(5)2(4)6/h4-12,15H,13-14H2,1-3H3,(H,25,29)(H,26,28)(H,27,32)(H,30,31);/b11-10+;. The van der Waals surface area contributed by atoms with Gasteiger partial charge >= 0.3 is 16.5 Å². The Kier molecular flexibility index (Phi) is 14.5. The molecule has 1 atom stereocenters. The molecule has 2 aromatic rings. The number of rotatable bonds is 12. The minimum Gasteiger partial charge on any atom is -0.493 e. The van der Waals surface area contributed by atoms with Gasteiger partial charge in [-0.3, -0.25) is 24.0 Å². The summed E-state index contributed by atoms with van der Waals surface area (Å²) in [5.41, 5.74) is 1.80. The number of aliphatic carboxylic acids is 1. The molecule has 12 nitrogen and oxygen atoms in total. The first-order chi connectivity index (χ1) is 18.9. The fourth-order valence-corrected chi connectivity index (χ4v) is 3.01. The molecule has 0 aromatic heterocycles. The minimum absolute atomic E-state index is 0.0635. The summed E-state index contributed by atoms with van der Waals surface area (Å²) < 4.78 is 10.6. The van der Waals surface area contributed by atoms with Crippen LogP contribution in [-0.2, 0) is 30.5 Å². The average molecular weight is 596 g/mol. The molecule has 2 rings (SSSR count). The second kappa shape index (κ2) is 17.2. The fourth-order valence-electron chi connectivity index (χ4n) is 3.01. The quantitative estimate of drug-likeness (QED) is 0.162. The lowest BCUT2D eigenvalue weighted by Crippen LogP contribution is -2.36. The van der Waals surface area contributed by atoms with Crippen LogP contribution in [0.5, 0.6) is 11.5 Å². The van der Waals surface area contributed by atoms with Crippen molar-refractivity contribution in [3.05, 3.63) is 71.3 Å². The molecule has 0 aliphatic heterocycles. The van der Waals surface area contributed by atoms with Gasteiger partial charge in [-0.1, -0.05) is 24.3 Å². The van der Waals surface area contributed by atoms with Crippen molar-refractivity contribution >= 4 is 57.4 Å². The Bertz CT molecular complexity index is 1270. The highest BCUT2D eigenvalue weighted by Crippen LogP contribution is 2.30. The van der Waals surface area contributed by atoms with Crippen LogP contribution in [0.3, 0.4) is 0 Å². The maximum Gasteiger partial charge on any atom is 0.328 e. The van der Waals surface area contributed by atoms with Gasteiger partial charge in [0.2, 0.25) is 11.8 Å². The molecule has 0 heterocycles. The first-order valence-corrected chi connectivity index (χ1v) is 12.1. The molecule has 0 saturated carbocycles. The second-order valence-electron chi connectivity index (χ2n) is 7.68. The maximum atomic E-state index is 12.9. The highest BCUT2D eigenvalue weighted by molar-refractivity contribution is 6.97. The topological polar surface area (TPSA) is 177 Å². The third-order valence-electron chi connectivity index (χ3n) is 4.95. The van der Waals surface area contributed by atoms with Gasteiger partial charge in [0.05, 0.1) is 26.8 Å². The van der Waals surface area contributed by atoms with Gasteiger partial charge in [-0.05, 0) is 59.5 Å². The van der Waals surface area contributed by atoms with Crippen LogP contribution in [0, 0.1) is 0 Å². The van der Waals surface area contributed by atoms with E-state index in [0.29, 0.717) is 28.7 Å². The van der Waals surface area contributed by atoms with Crippen molar-refractivity contribution < 1.29 is 43.3 Å². The molecule has 3 amide bonds. The number of ether oxygens (including phenoxy) is 2. The van der Waals surface area contributed by atoms with Gasteiger partial charge in [0, 0.05) is 24.3 Å². The molecule has 40 heavy (non-hydrogen) atoms. The molecule has 4 N–H and O–H groups in total. The Balaban J connectivity index is 0.00000120. The molecule has 0 bridgehead atoms. The number of amides is 3. The molecule has 214 valence electrons. The third kappa shape index (κ3) is 12.0. The Morgan fingerprint density at radius 3 is 2.10 bits per heavy atom. The van der Waals surface area contributed by atoms with E-state index in [1.54, 1.807) is 43.5 Å². The molecular formula is C26H27Cl2N3O9. The predicted molar refractivity (Wildman–Crippen MR) is 145 cm³/mol. The van der Waals surface area contributed by atoms with E-state index < -0.39 is 28.3 Å². The van der Waals surface area contributed by atoms with Crippen molar-refractivity contribution in [3.63, 3.8) is 0 Å². The lowest BCUT2D eigenvalue weighted by molar-refractivity contribution is -0.131. The van der Waals surface area contributed by atoms with Crippen molar-refractivity contribution in [1.29, 1.82) is 0 Å². The van der Waals surface area contributed by atoms with E-state index >= 15 is 0 Å². The Labute approximate surface area is 239 Å². The summed E-state index contributed by atoms with van der Waals surface area (Å²) in [6.07, 6.45) is 1.49. The number of carbonyl (C=O) groups is 6. The van der Waals surface area contributed by atoms with E-state index in [2.05, 4.69) is 39.2 Å². The second-order valence-corrected chi connectivity index (χ2v) is 8.37. The summed E-state index contributed by atoms with van der Waals surface area (Å²) in [6.45, 7) is 1.56. The van der Waals surface area contributed by atoms with E-state index in [1.165, 1.54) is 7.11 Å². The Morgan fingerprint density at radius 1 is 0.900 bits per heavy atom. The van der Waals surface area contributed by atoms with Gasteiger partial charge in [0.15, 0.2) is 11.5 Å². The van der Waals surface area contributed by atoms with Crippen LogP contribution >= 0.6 is 23.2 Å². The zero-order chi connectivity index (χ0) is 30.2. The summed E-state index contributed by atoms with van der Waals surface area (Å²) in [4.78, 5) is 65.7. The predicted octanol–water partition coefficient (Wildman–Crippen LogP) is 2.09. The van der Waals surface area contributed by atoms with Gasteiger partial charge in [-0.2, -0.15) is 0 Å². The first-order valence-electron chi connectivity index (χ1n) is 11.3. The van der Waals surface area contributed by atoms with Crippen LogP contribution in [0.4, 0.5) is 0 Å². The smallest absolute Gasteiger partial charge is 0.328 e. The maximum absolute atomic E-state index is 12.9. The van der Waals surface area contributed by atoms with Crippen LogP contribution in [0.2, 0.25) is 0 Å². The number of benzene rings is 2. The number of methoxy groups -OCH3 is 2. The molecule has 0 saturated heterocycles. The number of nitrogens with one attached hydrogen (secondary N) is 3. The van der Waals surface area contributed by atoms with Crippen LogP contribution < -0.4 is 25.4 Å². The number of halogens is 2. The first kappa shape index (κ1) is 33.6. The zero-order valence-electron chi connectivity index (χ0n) is 21.7. The SMILES string of the molecule is COc1ccc(C(C)NC(=O)c2ccccc2CNC(=O)CNC(=O)/C=C/C(=O)O)cc1OC.O=C(Cl)C(=O)Cl. The van der Waals surface area contributed by atoms with E-state index in [1.807, 2.05) is 13.0 Å². The number of carboxylic acid groups (broad SMARTS) is 1. The lowest BCUT2D eigenvalue weighted by atomic mass is 10.0. The van der Waals surface area contributed by atoms with Crippen molar-refractivity contribution in [2.75, 3.05) is 20.8 Å². The van der Waals surface area contributed by atoms with E-state index in [-0.39, 0.29) is 25.0 Å². The largest absolute Gasteiger partial charge is 0.493 e. The van der Waals surface area contributed by atoms with Crippen LogP contribution in [0.25, 0.3) is 0 Å². The minimum atomic E-state index is -1.27. The summed E-state index contributed by atoms with van der Waals surface area (Å²) in [7, 11) is 3.08. The fraction of sp³-hybridized carbons (Fsp3) is 0.231. The van der Waals surface area contributed by atoms with Gasteiger partial charge in [-0.25, -0.2) is 4.79 Å². The van der Waals surface area contributed by atoms with Gasteiger partial charge in [-0.15, -0.1) is 0 Å². The van der Waals surface area contributed by atoms with E-state index in [0.717, 1.165) is 11.6 Å². The molecular weight excluding hydrogens is 569 g/mol. The number of carboxylic acids is 1. The van der Waals surface area contributed by atoms with E-state index in [9.17, 15) is 28.8 Å². The van der Waals surface area contributed by atoms with Gasteiger partial charge in [0.25, 0.3) is 5.91 Å². The van der Waals surface area contributed by atoms with Gasteiger partial charge in [0.1, 0.15) is 0 Å². The summed E-state index contributed by atoms with van der Waals surface area (Å²) in [6, 6.07) is 11.9. The third-order valence-corrected chi connectivity index (χ3v) is 5.39. The summed E-state index contributed by atoms with van der Waals surface area (Å²) >= 11 is 8.98. The zero-order valence-corrected chi connectivity index (χ0v) is 23.2. The van der Waals surface area contributed by atoms with E-state index in [4.69, 9.17) is 14.6 Å². The monoisotopic (exact) mass is 595 g/mol. The summed E-state index contributed by atoms with van der Waals surface area (Å²) in [5, 5.41) is 14.0. The molecule has 0 fully saturated rings. The average Bonchev–Trinajstić information content (AvgIpc) is 2.93. The van der Waals surface area contributed by atoms with Crippen molar-refractivity contribution in [1.82, 2.24) is 16.0 Å². The van der Waals surface area contributed by atoms with Crippen molar-refractivity contribution in [3.8, 4) is 11.5 Å². The molecule has 0 aliphatic rings. The highest BCUT2D eigenvalue weighted by Gasteiger charge is 2.17. The lowest BCUT2D eigenvalue weighted by Gasteiger charge is -2.18. The highest BCUT2D eigenvalue weighted by atomic mass is 35.5. The normalized spacial score (nSPS) is 10.8.